The van der Waals surface area contributed by atoms with Crippen molar-refractivity contribution >= 4 is 0 Å². The predicted molar refractivity (Wildman–Crippen MR) is 61.0 cm³/mol. The van der Waals surface area contributed by atoms with Crippen molar-refractivity contribution in [1.29, 1.82) is 0 Å². The Balaban J connectivity index is 1.66. The Bertz CT molecular complexity index is 267. The van der Waals surface area contributed by atoms with Crippen LogP contribution in [0.5, 0.6) is 5.75 Å². The van der Waals surface area contributed by atoms with Gasteiger partial charge in [-0.05, 0) is 44.0 Å². The summed E-state index contributed by atoms with van der Waals surface area (Å²) in [5.74, 6) is 0.949. The van der Waals surface area contributed by atoms with Gasteiger partial charge in [-0.2, -0.15) is 0 Å². The number of ether oxygens (including phenoxy) is 1. The third kappa shape index (κ3) is 3.56. The second-order valence-corrected chi connectivity index (χ2v) is 4.02. The highest BCUT2D eigenvalue weighted by Crippen LogP contribution is 2.12. The van der Waals surface area contributed by atoms with E-state index in [4.69, 9.17) is 4.74 Å². The number of hydrogen-bond donors (Lipinski definition) is 1. The third-order valence-electron chi connectivity index (χ3n) is 2.84. The first-order chi connectivity index (χ1) is 7.45. The zero-order chi connectivity index (χ0) is 10.3. The Hall–Kier alpha value is -1.02. The molecule has 81 valence electrons. The fourth-order valence-corrected chi connectivity index (χ4v) is 1.96. The predicted octanol–water partition coefficient (Wildman–Crippen LogP) is 2.40. The van der Waals surface area contributed by atoms with Gasteiger partial charge in [-0.15, -0.1) is 0 Å². The molecule has 2 rings (SSSR count). The van der Waals surface area contributed by atoms with E-state index in [1.54, 1.807) is 0 Å². The quantitative estimate of drug-likeness (QED) is 0.813. The van der Waals surface area contributed by atoms with E-state index < -0.39 is 0 Å². The van der Waals surface area contributed by atoms with Crippen molar-refractivity contribution in [2.24, 2.45) is 0 Å². The Morgan fingerprint density at radius 2 is 2.20 bits per heavy atom. The highest BCUT2D eigenvalue weighted by molar-refractivity contribution is 5.20. The van der Waals surface area contributed by atoms with Crippen LogP contribution in [0.1, 0.15) is 25.7 Å². The van der Waals surface area contributed by atoms with Crippen molar-refractivity contribution in [3.05, 3.63) is 30.3 Å². The van der Waals surface area contributed by atoms with E-state index in [2.05, 4.69) is 11.4 Å². The minimum absolute atomic E-state index is 0.661. The number of benzene rings is 1. The highest BCUT2D eigenvalue weighted by Gasteiger charge is 2.11. The maximum Gasteiger partial charge on any atom is 0.119 e. The van der Waals surface area contributed by atoms with Crippen LogP contribution in [0, 0.1) is 6.07 Å². The topological polar surface area (TPSA) is 21.3 Å². The number of piperidine rings is 1. The molecule has 0 aromatic heterocycles. The summed E-state index contributed by atoms with van der Waals surface area (Å²) in [5, 5.41) is 3.52. The molecule has 0 spiro atoms. The van der Waals surface area contributed by atoms with E-state index in [9.17, 15) is 0 Å². The molecule has 0 aliphatic carbocycles. The van der Waals surface area contributed by atoms with E-state index in [0.717, 1.165) is 18.8 Å². The Labute approximate surface area is 91.6 Å². The van der Waals surface area contributed by atoms with E-state index in [0.29, 0.717) is 6.04 Å². The Morgan fingerprint density at radius 1 is 1.33 bits per heavy atom. The molecule has 1 saturated heterocycles. The van der Waals surface area contributed by atoms with E-state index in [-0.39, 0.29) is 0 Å². The molecular formula is C13H18NO. The van der Waals surface area contributed by atoms with E-state index in [1.807, 2.05) is 24.3 Å². The molecule has 1 aromatic carbocycles. The summed E-state index contributed by atoms with van der Waals surface area (Å²) >= 11 is 0. The molecule has 0 amide bonds. The SMILES string of the molecule is [c]1ccc(OCCC2CCCCN2)cc1. The fraction of sp³-hybridized carbons (Fsp3) is 0.538. The summed E-state index contributed by atoms with van der Waals surface area (Å²) in [5.41, 5.74) is 0. The van der Waals surface area contributed by atoms with Crippen LogP contribution < -0.4 is 10.1 Å². The zero-order valence-corrected chi connectivity index (χ0v) is 9.04. The summed E-state index contributed by atoms with van der Waals surface area (Å²) in [6.07, 6.45) is 5.09. The molecule has 1 atom stereocenters. The maximum atomic E-state index is 5.65. The van der Waals surface area contributed by atoms with Crippen molar-refractivity contribution in [3.8, 4) is 5.75 Å². The van der Waals surface area contributed by atoms with Gasteiger partial charge >= 0.3 is 0 Å². The van der Waals surface area contributed by atoms with Crippen LogP contribution in [0.4, 0.5) is 0 Å². The first kappa shape index (κ1) is 10.5. The lowest BCUT2D eigenvalue weighted by atomic mass is 10.0. The van der Waals surface area contributed by atoms with Gasteiger partial charge in [0.1, 0.15) is 5.75 Å². The van der Waals surface area contributed by atoms with E-state index in [1.165, 1.54) is 25.8 Å². The lowest BCUT2D eigenvalue weighted by molar-refractivity contribution is 0.268. The lowest BCUT2D eigenvalue weighted by Gasteiger charge is -2.23. The van der Waals surface area contributed by atoms with Crippen LogP contribution >= 0.6 is 0 Å². The first-order valence-electron chi connectivity index (χ1n) is 5.77. The molecule has 2 heteroatoms. The summed E-state index contributed by atoms with van der Waals surface area (Å²) < 4.78 is 5.65. The van der Waals surface area contributed by atoms with Gasteiger partial charge in [0.25, 0.3) is 0 Å². The summed E-state index contributed by atoms with van der Waals surface area (Å²) in [4.78, 5) is 0. The smallest absolute Gasteiger partial charge is 0.119 e. The molecular weight excluding hydrogens is 186 g/mol. The van der Waals surface area contributed by atoms with Crippen molar-refractivity contribution in [1.82, 2.24) is 5.32 Å². The van der Waals surface area contributed by atoms with Gasteiger partial charge in [0.2, 0.25) is 0 Å². The van der Waals surface area contributed by atoms with Crippen LogP contribution in [-0.2, 0) is 0 Å². The molecule has 1 radical (unpaired) electrons. The van der Waals surface area contributed by atoms with Gasteiger partial charge in [-0.25, -0.2) is 0 Å². The maximum absolute atomic E-state index is 5.65. The van der Waals surface area contributed by atoms with Crippen LogP contribution in [-0.4, -0.2) is 19.2 Å². The van der Waals surface area contributed by atoms with Gasteiger partial charge in [-0.3, -0.25) is 0 Å². The normalized spacial score (nSPS) is 21.2. The second-order valence-electron chi connectivity index (χ2n) is 4.02. The molecule has 1 heterocycles. The van der Waals surface area contributed by atoms with Gasteiger partial charge in [0.05, 0.1) is 6.61 Å². The lowest BCUT2D eigenvalue weighted by Crippen LogP contribution is -2.35. The minimum Gasteiger partial charge on any atom is -0.494 e. The number of hydrogen-bond acceptors (Lipinski definition) is 2. The summed E-state index contributed by atoms with van der Waals surface area (Å²) in [6.45, 7) is 1.98. The average molecular weight is 204 g/mol. The van der Waals surface area contributed by atoms with Gasteiger partial charge in [0, 0.05) is 6.04 Å². The summed E-state index contributed by atoms with van der Waals surface area (Å²) in [7, 11) is 0. The van der Waals surface area contributed by atoms with Crippen LogP contribution in [0.2, 0.25) is 0 Å². The fourth-order valence-electron chi connectivity index (χ4n) is 1.96. The Kier molecular flexibility index (Phi) is 4.03. The number of rotatable bonds is 4. The van der Waals surface area contributed by atoms with Gasteiger partial charge < -0.3 is 10.1 Å². The molecule has 1 N–H and O–H groups in total. The Morgan fingerprint density at radius 3 is 2.93 bits per heavy atom. The molecule has 1 aromatic rings. The molecule has 0 saturated carbocycles. The average Bonchev–Trinajstić information content (AvgIpc) is 2.32. The van der Waals surface area contributed by atoms with Gasteiger partial charge in [0.15, 0.2) is 0 Å². The molecule has 1 aliphatic heterocycles. The van der Waals surface area contributed by atoms with Crippen LogP contribution in [0.25, 0.3) is 0 Å². The molecule has 1 unspecified atom stereocenters. The second kappa shape index (κ2) is 5.76. The largest absolute Gasteiger partial charge is 0.494 e. The van der Waals surface area contributed by atoms with Crippen molar-refractivity contribution < 1.29 is 4.74 Å². The van der Waals surface area contributed by atoms with Gasteiger partial charge in [-0.1, -0.05) is 18.6 Å². The molecule has 0 bridgehead atoms. The van der Waals surface area contributed by atoms with Crippen molar-refractivity contribution in [3.63, 3.8) is 0 Å². The highest BCUT2D eigenvalue weighted by atomic mass is 16.5. The molecule has 2 nitrogen and oxygen atoms in total. The van der Waals surface area contributed by atoms with Crippen LogP contribution in [0.3, 0.4) is 0 Å². The van der Waals surface area contributed by atoms with Crippen LogP contribution in [0.15, 0.2) is 24.3 Å². The summed E-state index contributed by atoms with van der Waals surface area (Å²) in [6, 6.07) is 11.3. The standard InChI is InChI=1S/C13H18NO/c1-2-7-13(8-3-1)15-11-9-12-6-4-5-10-14-12/h2-3,7-8,12,14H,4-6,9-11H2. The molecule has 1 aliphatic rings. The molecule has 15 heavy (non-hydrogen) atoms. The minimum atomic E-state index is 0.661. The molecule has 1 fully saturated rings. The zero-order valence-electron chi connectivity index (χ0n) is 9.04. The third-order valence-corrected chi connectivity index (χ3v) is 2.84. The monoisotopic (exact) mass is 204 g/mol. The number of nitrogens with one attached hydrogen (secondary N) is 1. The first-order valence-corrected chi connectivity index (χ1v) is 5.77. The van der Waals surface area contributed by atoms with Crippen molar-refractivity contribution in [2.45, 2.75) is 31.7 Å². The van der Waals surface area contributed by atoms with Crippen molar-refractivity contribution in [2.75, 3.05) is 13.2 Å². The van der Waals surface area contributed by atoms with E-state index >= 15 is 0 Å².